The molecular formula is C64H53N3. The Labute approximate surface area is 395 Å². The van der Waals surface area contributed by atoms with E-state index < -0.39 is 0 Å². The summed E-state index contributed by atoms with van der Waals surface area (Å²) in [6, 6.07) is 85.7. The minimum atomic E-state index is 1.08. The van der Waals surface area contributed by atoms with E-state index in [0.717, 1.165) is 56.6 Å². The van der Waals surface area contributed by atoms with Crippen LogP contribution in [-0.4, -0.2) is 0 Å². The number of para-hydroxylation sites is 2. The molecule has 1 aliphatic rings. The second kappa shape index (κ2) is 19.0. The molecule has 0 fully saturated rings. The molecule has 0 bridgehead atoms. The summed E-state index contributed by atoms with van der Waals surface area (Å²) in [7, 11) is 0. The molecule has 0 aromatic heterocycles. The van der Waals surface area contributed by atoms with Crippen molar-refractivity contribution in [1.29, 1.82) is 0 Å². The fourth-order valence-corrected chi connectivity index (χ4v) is 9.53. The minimum Gasteiger partial charge on any atom is -0.310 e. The molecule has 0 saturated carbocycles. The van der Waals surface area contributed by atoms with Gasteiger partial charge in [0.05, 0.1) is 17.1 Å². The van der Waals surface area contributed by atoms with Crippen molar-refractivity contribution in [2.75, 3.05) is 14.7 Å². The van der Waals surface area contributed by atoms with Gasteiger partial charge in [0, 0.05) is 50.6 Å². The first-order valence-corrected chi connectivity index (χ1v) is 23.4. The largest absolute Gasteiger partial charge is 0.310 e. The summed E-state index contributed by atoms with van der Waals surface area (Å²) in [5.74, 6) is 0. The Morgan fingerprint density at radius 2 is 0.881 bits per heavy atom. The Morgan fingerprint density at radius 1 is 0.388 bits per heavy atom. The monoisotopic (exact) mass is 863 g/mol. The second-order valence-electron chi connectivity index (χ2n) is 16.6. The molecule has 3 nitrogen and oxygen atoms in total. The van der Waals surface area contributed by atoms with Crippen LogP contribution in [0.3, 0.4) is 0 Å². The molecule has 1 heterocycles. The Hall–Kier alpha value is -8.40. The average Bonchev–Trinajstić information content (AvgIpc) is 3.40. The van der Waals surface area contributed by atoms with E-state index in [4.69, 9.17) is 0 Å². The number of hydrogen-bond donors (Lipinski definition) is 0. The molecule has 1 aliphatic heterocycles. The summed E-state index contributed by atoms with van der Waals surface area (Å²) >= 11 is 0. The molecule has 0 spiro atoms. The number of benzene rings is 10. The number of nitrogens with zero attached hydrogens (tertiary/aromatic N) is 3. The molecule has 324 valence electrons. The van der Waals surface area contributed by atoms with Crippen molar-refractivity contribution < 1.29 is 0 Å². The van der Waals surface area contributed by atoms with Crippen molar-refractivity contribution >= 4 is 68.0 Å². The fraction of sp³-hybridized carbons (Fsp3) is 0.0625. The van der Waals surface area contributed by atoms with Gasteiger partial charge in [0.2, 0.25) is 0 Å². The lowest BCUT2D eigenvalue weighted by molar-refractivity contribution is 1.25. The van der Waals surface area contributed by atoms with Crippen molar-refractivity contribution in [3.63, 3.8) is 0 Å². The van der Waals surface area contributed by atoms with Crippen molar-refractivity contribution in [3.8, 4) is 33.4 Å². The highest BCUT2D eigenvalue weighted by atomic mass is 15.2. The summed E-state index contributed by atoms with van der Waals surface area (Å²) in [4.78, 5) is 7.15. The van der Waals surface area contributed by atoms with Gasteiger partial charge in [0.25, 0.3) is 0 Å². The van der Waals surface area contributed by atoms with E-state index >= 15 is 0 Å². The molecule has 10 aromatic carbocycles. The van der Waals surface area contributed by atoms with Crippen LogP contribution in [0.2, 0.25) is 0 Å². The molecule has 0 unspecified atom stereocenters. The third-order valence-electron chi connectivity index (χ3n) is 12.6. The third-order valence-corrected chi connectivity index (χ3v) is 12.6. The van der Waals surface area contributed by atoms with Crippen LogP contribution >= 0.6 is 0 Å². The highest BCUT2D eigenvalue weighted by molar-refractivity contribution is 6.14. The van der Waals surface area contributed by atoms with Crippen LogP contribution in [0.5, 0.6) is 0 Å². The standard InChI is InChI=1S/C62H47N3.C2H6/c1-3-16-56-44(2)17-13-27-59(56)64(50-22-9-5-10-23-50)54-39-33-48(34-40-54)47-31-37-53(38-32-47)63(52-35-29-46(30-36-52)45-18-7-4-8-19-45)55-41-42-60-58(43-55)57-26-14-20-49-21-15-28-61(62(49)57)65(60)51-24-11-6-12-25-51;1-2/h3-43H,1-2H3;1-2H3/b16-3-;. The van der Waals surface area contributed by atoms with Gasteiger partial charge >= 0.3 is 0 Å². The molecule has 10 aromatic rings. The van der Waals surface area contributed by atoms with Crippen LogP contribution in [0.15, 0.2) is 243 Å². The lowest BCUT2D eigenvalue weighted by atomic mass is 9.90. The Balaban J connectivity index is 0.00000259. The SMILES string of the molecule is C/C=C\c1c(C)cccc1N(c1ccccc1)c1ccc(-c2ccc(N(c3ccc(-c4ccccc4)cc3)c3ccc4c(c3)-c3cccc5cccc(c35)N4c3ccccc3)cc2)cc1.CC. The number of aryl methyl sites for hydroxylation is 1. The van der Waals surface area contributed by atoms with Crippen LogP contribution in [0.4, 0.5) is 51.2 Å². The molecule has 0 N–H and O–H groups in total. The van der Waals surface area contributed by atoms with Crippen LogP contribution < -0.4 is 14.7 Å². The van der Waals surface area contributed by atoms with Gasteiger partial charge in [-0.05, 0) is 144 Å². The predicted octanol–water partition coefficient (Wildman–Crippen LogP) is 18.9. The van der Waals surface area contributed by atoms with E-state index in [1.165, 1.54) is 49.8 Å². The molecule has 0 amide bonds. The first kappa shape index (κ1) is 42.5. The Morgan fingerprint density at radius 3 is 1.48 bits per heavy atom. The fourth-order valence-electron chi connectivity index (χ4n) is 9.53. The number of rotatable bonds is 10. The van der Waals surface area contributed by atoms with Gasteiger partial charge in [0.15, 0.2) is 0 Å². The minimum absolute atomic E-state index is 1.08. The highest BCUT2D eigenvalue weighted by Gasteiger charge is 2.27. The number of fused-ring (bicyclic) bond motifs is 2. The molecule has 0 atom stereocenters. The first-order chi connectivity index (χ1) is 33.1. The van der Waals surface area contributed by atoms with Gasteiger partial charge in [-0.2, -0.15) is 0 Å². The van der Waals surface area contributed by atoms with Crippen molar-refractivity contribution in [2.24, 2.45) is 0 Å². The highest BCUT2D eigenvalue weighted by Crippen LogP contribution is 2.52. The van der Waals surface area contributed by atoms with Crippen LogP contribution in [0, 0.1) is 6.92 Å². The summed E-state index contributed by atoms with van der Waals surface area (Å²) in [6.07, 6.45) is 4.33. The first-order valence-electron chi connectivity index (χ1n) is 23.4. The summed E-state index contributed by atoms with van der Waals surface area (Å²) in [5.41, 5.74) is 19.7. The van der Waals surface area contributed by atoms with Crippen LogP contribution in [-0.2, 0) is 0 Å². The van der Waals surface area contributed by atoms with Crippen molar-refractivity contribution in [1.82, 2.24) is 0 Å². The van der Waals surface area contributed by atoms with E-state index in [2.05, 4.69) is 277 Å². The van der Waals surface area contributed by atoms with Crippen LogP contribution in [0.1, 0.15) is 31.9 Å². The molecule has 11 rings (SSSR count). The van der Waals surface area contributed by atoms with E-state index in [1.54, 1.807) is 0 Å². The quantitative estimate of drug-likeness (QED) is 0.136. The molecule has 67 heavy (non-hydrogen) atoms. The predicted molar refractivity (Wildman–Crippen MR) is 289 cm³/mol. The molecular weight excluding hydrogens is 811 g/mol. The number of hydrogen-bond acceptors (Lipinski definition) is 3. The lowest BCUT2D eigenvalue weighted by Gasteiger charge is -2.35. The molecule has 3 heteroatoms. The number of allylic oxidation sites excluding steroid dienone is 1. The van der Waals surface area contributed by atoms with E-state index in [9.17, 15) is 0 Å². The summed E-state index contributed by atoms with van der Waals surface area (Å²) < 4.78 is 0. The second-order valence-corrected chi connectivity index (χ2v) is 16.6. The van der Waals surface area contributed by atoms with E-state index in [0.29, 0.717) is 0 Å². The van der Waals surface area contributed by atoms with Gasteiger partial charge < -0.3 is 14.7 Å². The maximum Gasteiger partial charge on any atom is 0.0546 e. The van der Waals surface area contributed by atoms with Crippen molar-refractivity contribution in [3.05, 3.63) is 254 Å². The topological polar surface area (TPSA) is 9.72 Å². The van der Waals surface area contributed by atoms with Gasteiger partial charge in [-0.1, -0.05) is 172 Å². The number of anilines is 9. The smallest absolute Gasteiger partial charge is 0.0546 e. The molecule has 0 aliphatic carbocycles. The Kier molecular flexibility index (Phi) is 12.1. The maximum absolute atomic E-state index is 2.41. The van der Waals surface area contributed by atoms with Crippen LogP contribution in [0.25, 0.3) is 50.2 Å². The zero-order valence-corrected chi connectivity index (χ0v) is 38.5. The van der Waals surface area contributed by atoms with Gasteiger partial charge in [0.1, 0.15) is 0 Å². The molecule has 0 radical (unpaired) electrons. The molecule has 0 saturated heterocycles. The summed E-state index contributed by atoms with van der Waals surface area (Å²) in [5, 5.41) is 2.50. The summed E-state index contributed by atoms with van der Waals surface area (Å²) in [6.45, 7) is 8.26. The normalized spacial score (nSPS) is 11.5. The third kappa shape index (κ3) is 8.17. The average molecular weight is 864 g/mol. The van der Waals surface area contributed by atoms with Gasteiger partial charge in [-0.15, -0.1) is 0 Å². The maximum atomic E-state index is 2.41. The van der Waals surface area contributed by atoms with E-state index in [-0.39, 0.29) is 0 Å². The van der Waals surface area contributed by atoms with Gasteiger partial charge in [-0.25, -0.2) is 0 Å². The Bertz CT molecular complexity index is 3300. The van der Waals surface area contributed by atoms with Crippen molar-refractivity contribution in [2.45, 2.75) is 27.7 Å². The van der Waals surface area contributed by atoms with E-state index in [1.807, 2.05) is 13.8 Å². The zero-order chi connectivity index (χ0) is 45.7. The lowest BCUT2D eigenvalue weighted by Crippen LogP contribution is -2.16. The van der Waals surface area contributed by atoms with Gasteiger partial charge in [-0.3, -0.25) is 0 Å². The zero-order valence-electron chi connectivity index (χ0n) is 38.5.